The van der Waals surface area contributed by atoms with Crippen LogP contribution in [0.3, 0.4) is 0 Å². The third-order valence-electron chi connectivity index (χ3n) is 4.36. The van der Waals surface area contributed by atoms with Gasteiger partial charge in [-0.3, -0.25) is 4.79 Å². The topological polar surface area (TPSA) is 120 Å². The first kappa shape index (κ1) is 21.1. The second-order valence-electron chi connectivity index (χ2n) is 6.69. The van der Waals surface area contributed by atoms with Gasteiger partial charge in [0, 0.05) is 18.3 Å². The van der Waals surface area contributed by atoms with Gasteiger partial charge in [-0.1, -0.05) is 11.2 Å². The van der Waals surface area contributed by atoms with Crippen molar-refractivity contribution in [2.75, 3.05) is 12.1 Å². The van der Waals surface area contributed by atoms with E-state index in [2.05, 4.69) is 15.2 Å². The molecule has 11 heteroatoms. The van der Waals surface area contributed by atoms with Gasteiger partial charge in [0.05, 0.1) is 0 Å². The molecule has 0 bridgehead atoms. The van der Waals surface area contributed by atoms with Crippen LogP contribution in [0, 0.1) is 6.92 Å². The van der Waals surface area contributed by atoms with Gasteiger partial charge >= 0.3 is 0 Å². The lowest BCUT2D eigenvalue weighted by molar-refractivity contribution is -0.114. The van der Waals surface area contributed by atoms with E-state index in [1.165, 1.54) is 13.0 Å². The number of aryl methyl sites for hydroxylation is 1. The summed E-state index contributed by atoms with van der Waals surface area (Å²) in [6, 6.07) is 8.51. The first-order valence-corrected chi connectivity index (χ1v) is 11.5. The summed E-state index contributed by atoms with van der Waals surface area (Å²) >= 11 is 1.11. The van der Waals surface area contributed by atoms with Crippen molar-refractivity contribution < 1.29 is 27.2 Å². The number of fused-ring (bicyclic) bond motifs is 1. The molecule has 1 aliphatic rings. The van der Waals surface area contributed by atoms with Crippen molar-refractivity contribution in [3.8, 4) is 11.5 Å². The molecule has 0 aliphatic carbocycles. The van der Waals surface area contributed by atoms with Crippen LogP contribution in [0.5, 0.6) is 11.5 Å². The molecule has 2 aromatic heterocycles. The maximum absolute atomic E-state index is 12.6. The maximum atomic E-state index is 12.6. The molecule has 0 unspecified atom stereocenters. The highest BCUT2D eigenvalue weighted by molar-refractivity contribution is 7.91. The Morgan fingerprint density at radius 1 is 1.19 bits per heavy atom. The van der Waals surface area contributed by atoms with E-state index in [9.17, 15) is 13.2 Å². The summed E-state index contributed by atoms with van der Waals surface area (Å²) in [6.45, 7) is 3.40. The summed E-state index contributed by atoms with van der Waals surface area (Å²) in [5.41, 5.74) is 1.80. The third kappa shape index (κ3) is 4.79. The lowest BCUT2D eigenvalue weighted by Crippen LogP contribution is -2.22. The molecular weight excluding hydrogens is 442 g/mol. The summed E-state index contributed by atoms with van der Waals surface area (Å²) < 4.78 is 43.9. The zero-order chi connectivity index (χ0) is 22.0. The number of anilines is 1. The van der Waals surface area contributed by atoms with Crippen LogP contribution < -0.4 is 19.5 Å². The molecule has 3 aromatic rings. The van der Waals surface area contributed by atoms with Gasteiger partial charge in [0.2, 0.25) is 22.7 Å². The van der Waals surface area contributed by atoms with E-state index in [-0.39, 0.29) is 23.5 Å². The van der Waals surface area contributed by atoms with Crippen LogP contribution in [-0.2, 0) is 21.4 Å². The van der Waals surface area contributed by atoms with Crippen molar-refractivity contribution in [2.24, 2.45) is 0 Å². The van der Waals surface area contributed by atoms with Crippen molar-refractivity contribution in [3.63, 3.8) is 0 Å². The number of nitrogens with zero attached hydrogens (tertiary/aromatic N) is 1. The predicted molar refractivity (Wildman–Crippen MR) is 115 cm³/mol. The van der Waals surface area contributed by atoms with Crippen molar-refractivity contribution in [2.45, 2.75) is 24.6 Å². The Morgan fingerprint density at radius 2 is 2.00 bits per heavy atom. The Balaban J connectivity index is 1.44. The molecule has 1 amide bonds. The molecule has 0 radical (unpaired) electrons. The highest BCUT2D eigenvalue weighted by Crippen LogP contribution is 2.32. The van der Waals surface area contributed by atoms with Crippen molar-refractivity contribution in [3.05, 3.63) is 52.2 Å². The van der Waals surface area contributed by atoms with Crippen LogP contribution in [0.25, 0.3) is 12.2 Å². The fraction of sp³-hybridized carbons (Fsp3) is 0.200. The Bertz CT molecular complexity index is 1260. The molecule has 3 heterocycles. The highest BCUT2D eigenvalue weighted by atomic mass is 32.2. The maximum Gasteiger partial charge on any atom is 0.250 e. The normalized spacial score (nSPS) is 13.1. The second kappa shape index (κ2) is 8.53. The molecule has 0 saturated carbocycles. The number of nitrogens with one attached hydrogen (secondary N) is 2. The van der Waals surface area contributed by atoms with Crippen molar-refractivity contribution in [1.82, 2.24) is 9.88 Å². The molecule has 31 heavy (non-hydrogen) atoms. The minimum absolute atomic E-state index is 0.124. The van der Waals surface area contributed by atoms with Gasteiger partial charge in [0.15, 0.2) is 17.3 Å². The predicted octanol–water partition coefficient (Wildman–Crippen LogP) is 3.38. The van der Waals surface area contributed by atoms with E-state index >= 15 is 0 Å². The first-order chi connectivity index (χ1) is 14.8. The van der Waals surface area contributed by atoms with Gasteiger partial charge in [-0.2, -0.15) is 0 Å². The minimum atomic E-state index is -3.68. The standard InChI is InChI=1S/C20H19N3O6S2/c1-12-20(22-13(2)24)17(29-23-12)7-4-15-5-8-19(30-15)31(25,26)21-10-14-3-6-16-18(9-14)28-11-27-16/h3-9,21H,10-11H2,1-2H3,(H,22,24)/b7-4+. The average molecular weight is 462 g/mol. The van der Waals surface area contributed by atoms with Crippen LogP contribution in [0.1, 0.15) is 28.8 Å². The number of benzene rings is 1. The smallest absolute Gasteiger partial charge is 0.250 e. The number of amides is 1. The van der Waals surface area contributed by atoms with Gasteiger partial charge in [0.1, 0.15) is 15.6 Å². The van der Waals surface area contributed by atoms with Crippen molar-refractivity contribution >= 4 is 45.1 Å². The number of carbonyl (C=O) groups excluding carboxylic acids is 1. The number of hydrogen-bond donors (Lipinski definition) is 2. The monoisotopic (exact) mass is 461 g/mol. The van der Waals surface area contributed by atoms with Gasteiger partial charge in [-0.15, -0.1) is 11.3 Å². The molecule has 2 N–H and O–H groups in total. The van der Waals surface area contributed by atoms with Crippen LogP contribution in [-0.4, -0.2) is 26.3 Å². The van der Waals surface area contributed by atoms with Gasteiger partial charge in [0.25, 0.3) is 0 Å². The van der Waals surface area contributed by atoms with Crippen molar-refractivity contribution in [1.29, 1.82) is 0 Å². The molecule has 0 saturated heterocycles. The number of thiophene rings is 1. The summed E-state index contributed by atoms with van der Waals surface area (Å²) in [5.74, 6) is 1.39. The molecule has 4 rings (SSSR count). The number of carbonyl (C=O) groups is 1. The SMILES string of the molecule is CC(=O)Nc1c(C)noc1/C=C/c1ccc(S(=O)(=O)NCc2ccc3c(c2)OCO3)s1. The molecule has 1 aliphatic heterocycles. The lowest BCUT2D eigenvalue weighted by atomic mass is 10.2. The molecule has 0 spiro atoms. The average Bonchev–Trinajstić information content (AvgIpc) is 3.46. The largest absolute Gasteiger partial charge is 0.454 e. The Hall–Kier alpha value is -3.15. The van der Waals surface area contributed by atoms with E-state index in [0.717, 1.165) is 16.9 Å². The van der Waals surface area contributed by atoms with Gasteiger partial charge in [-0.05, 0) is 48.9 Å². The molecule has 1 aromatic carbocycles. The number of hydrogen-bond acceptors (Lipinski definition) is 8. The van der Waals surface area contributed by atoms with E-state index in [0.29, 0.717) is 33.5 Å². The highest BCUT2D eigenvalue weighted by Gasteiger charge is 2.18. The first-order valence-electron chi connectivity index (χ1n) is 9.22. The zero-order valence-corrected chi connectivity index (χ0v) is 18.3. The second-order valence-corrected chi connectivity index (χ2v) is 9.80. The van der Waals surface area contributed by atoms with Gasteiger partial charge in [-0.25, -0.2) is 13.1 Å². The third-order valence-corrected chi connectivity index (χ3v) is 7.30. The van der Waals surface area contributed by atoms with E-state index in [1.807, 2.05) is 0 Å². The number of rotatable bonds is 7. The Labute approximate surface area is 182 Å². The van der Waals surface area contributed by atoms with E-state index in [4.69, 9.17) is 14.0 Å². The van der Waals surface area contributed by atoms with Crippen LogP contribution in [0.4, 0.5) is 5.69 Å². The lowest BCUT2D eigenvalue weighted by Gasteiger charge is -2.05. The Kier molecular flexibility index (Phi) is 5.81. The molecule has 0 fully saturated rings. The summed E-state index contributed by atoms with van der Waals surface area (Å²) in [4.78, 5) is 12.0. The fourth-order valence-electron chi connectivity index (χ4n) is 2.86. The van der Waals surface area contributed by atoms with Crippen LogP contribution >= 0.6 is 11.3 Å². The minimum Gasteiger partial charge on any atom is -0.454 e. The molecule has 162 valence electrons. The summed E-state index contributed by atoms with van der Waals surface area (Å²) in [7, 11) is -3.68. The fourth-order valence-corrected chi connectivity index (χ4v) is 5.15. The summed E-state index contributed by atoms with van der Waals surface area (Å²) in [6.07, 6.45) is 3.33. The Morgan fingerprint density at radius 3 is 2.81 bits per heavy atom. The van der Waals surface area contributed by atoms with E-state index in [1.54, 1.807) is 43.3 Å². The van der Waals surface area contributed by atoms with Gasteiger partial charge < -0.3 is 19.3 Å². The quantitative estimate of drug-likeness (QED) is 0.553. The molecule has 9 nitrogen and oxygen atoms in total. The van der Waals surface area contributed by atoms with Crippen LogP contribution in [0.15, 0.2) is 39.1 Å². The van der Waals surface area contributed by atoms with E-state index < -0.39 is 10.0 Å². The number of aromatic nitrogens is 1. The summed E-state index contributed by atoms with van der Waals surface area (Å²) in [5, 5.41) is 6.51. The zero-order valence-electron chi connectivity index (χ0n) is 16.7. The molecular formula is C20H19N3O6S2. The number of sulfonamides is 1. The molecule has 0 atom stereocenters. The number of ether oxygens (including phenoxy) is 2. The van der Waals surface area contributed by atoms with Crippen LogP contribution in [0.2, 0.25) is 0 Å².